The van der Waals surface area contributed by atoms with Crippen LogP contribution in [0, 0.1) is 0 Å². The highest BCUT2D eigenvalue weighted by atomic mass is 16.5. The lowest BCUT2D eigenvalue weighted by Crippen LogP contribution is -2.45. The maximum Gasteiger partial charge on any atom is 0.0591 e. The normalized spacial score (nSPS) is 29.2. The number of hydrogen-bond acceptors (Lipinski definition) is 3. The molecule has 0 saturated carbocycles. The summed E-state index contributed by atoms with van der Waals surface area (Å²) < 4.78 is 5.52. The van der Waals surface area contributed by atoms with Gasteiger partial charge >= 0.3 is 0 Å². The third kappa shape index (κ3) is 3.80. The van der Waals surface area contributed by atoms with Gasteiger partial charge in [-0.3, -0.25) is 4.90 Å². The molecule has 2 rings (SSSR count). The van der Waals surface area contributed by atoms with E-state index in [1.807, 2.05) is 6.08 Å². The van der Waals surface area contributed by atoms with Gasteiger partial charge in [0.15, 0.2) is 0 Å². The molecule has 0 radical (unpaired) electrons. The smallest absolute Gasteiger partial charge is 0.0591 e. The van der Waals surface area contributed by atoms with E-state index < -0.39 is 0 Å². The lowest BCUT2D eigenvalue weighted by molar-refractivity contribution is 0.132. The molecule has 0 aromatic carbocycles. The van der Waals surface area contributed by atoms with E-state index >= 15 is 0 Å². The number of fused-ring (bicyclic) bond motifs is 1. The zero-order valence-corrected chi connectivity index (χ0v) is 10.9. The van der Waals surface area contributed by atoms with Gasteiger partial charge < -0.3 is 10.1 Å². The molecule has 0 aliphatic carbocycles. The fraction of sp³-hybridized carbons (Fsp3) is 0.857. The lowest BCUT2D eigenvalue weighted by atomic mass is 9.99. The van der Waals surface area contributed by atoms with Gasteiger partial charge in [0.1, 0.15) is 0 Å². The van der Waals surface area contributed by atoms with Crippen molar-refractivity contribution >= 4 is 0 Å². The van der Waals surface area contributed by atoms with Crippen molar-refractivity contribution in [1.29, 1.82) is 0 Å². The Kier molecular flexibility index (Phi) is 5.49. The SMILES string of the molecule is C=CCCOCCNC1CCN2CCCCC12. The maximum absolute atomic E-state index is 5.52. The molecule has 1 N–H and O–H groups in total. The summed E-state index contributed by atoms with van der Waals surface area (Å²) in [6.07, 6.45) is 8.37. The van der Waals surface area contributed by atoms with E-state index in [0.717, 1.165) is 32.2 Å². The molecule has 0 amide bonds. The van der Waals surface area contributed by atoms with Gasteiger partial charge in [-0.15, -0.1) is 6.58 Å². The van der Waals surface area contributed by atoms with E-state index in [-0.39, 0.29) is 0 Å². The van der Waals surface area contributed by atoms with Crippen molar-refractivity contribution in [2.45, 2.75) is 44.2 Å². The highest BCUT2D eigenvalue weighted by Gasteiger charge is 2.34. The second kappa shape index (κ2) is 7.14. The number of piperidine rings is 1. The van der Waals surface area contributed by atoms with Crippen LogP contribution in [0.15, 0.2) is 12.7 Å². The van der Waals surface area contributed by atoms with Crippen LogP contribution in [0.3, 0.4) is 0 Å². The Morgan fingerprint density at radius 2 is 2.18 bits per heavy atom. The van der Waals surface area contributed by atoms with Crippen molar-refractivity contribution in [3.63, 3.8) is 0 Å². The first kappa shape index (κ1) is 13.1. The van der Waals surface area contributed by atoms with Crippen LogP contribution in [0.1, 0.15) is 32.1 Å². The number of hydrogen-bond donors (Lipinski definition) is 1. The van der Waals surface area contributed by atoms with E-state index in [0.29, 0.717) is 6.04 Å². The standard InChI is InChI=1S/C14H26N2O/c1-2-3-11-17-12-8-15-13-7-10-16-9-5-4-6-14(13)16/h2,13-15H,1,3-12H2. The quantitative estimate of drug-likeness (QED) is 0.540. The van der Waals surface area contributed by atoms with Gasteiger partial charge in [-0.05, 0) is 32.2 Å². The van der Waals surface area contributed by atoms with Gasteiger partial charge in [-0.2, -0.15) is 0 Å². The lowest BCUT2D eigenvalue weighted by Gasteiger charge is -2.32. The fourth-order valence-electron chi connectivity index (χ4n) is 3.07. The van der Waals surface area contributed by atoms with Crippen molar-refractivity contribution in [2.24, 2.45) is 0 Å². The monoisotopic (exact) mass is 238 g/mol. The van der Waals surface area contributed by atoms with Crippen molar-refractivity contribution in [3.8, 4) is 0 Å². The fourth-order valence-corrected chi connectivity index (χ4v) is 3.07. The Hall–Kier alpha value is -0.380. The first-order valence-electron chi connectivity index (χ1n) is 7.08. The summed E-state index contributed by atoms with van der Waals surface area (Å²) in [6.45, 7) is 8.93. The van der Waals surface area contributed by atoms with Crippen molar-refractivity contribution in [3.05, 3.63) is 12.7 Å². The average molecular weight is 238 g/mol. The molecule has 0 aromatic rings. The molecule has 2 aliphatic rings. The topological polar surface area (TPSA) is 24.5 Å². The van der Waals surface area contributed by atoms with Gasteiger partial charge in [0.05, 0.1) is 13.2 Å². The predicted molar refractivity (Wildman–Crippen MR) is 71.3 cm³/mol. The minimum absolute atomic E-state index is 0.707. The summed E-state index contributed by atoms with van der Waals surface area (Å²) in [4.78, 5) is 2.67. The first-order chi connectivity index (χ1) is 8.42. The average Bonchev–Trinajstić information content (AvgIpc) is 2.77. The van der Waals surface area contributed by atoms with Crippen LogP contribution in [0.2, 0.25) is 0 Å². The van der Waals surface area contributed by atoms with Gasteiger partial charge in [0.25, 0.3) is 0 Å². The number of ether oxygens (including phenoxy) is 1. The Morgan fingerprint density at radius 1 is 1.24 bits per heavy atom. The van der Waals surface area contributed by atoms with Crippen LogP contribution in [0.4, 0.5) is 0 Å². The maximum atomic E-state index is 5.52. The van der Waals surface area contributed by atoms with Gasteiger partial charge in [0.2, 0.25) is 0 Å². The Bertz CT molecular complexity index is 232. The third-order valence-electron chi connectivity index (χ3n) is 3.98. The Labute approximate surface area is 105 Å². The van der Waals surface area contributed by atoms with E-state index in [4.69, 9.17) is 4.74 Å². The molecular weight excluding hydrogens is 212 g/mol. The van der Waals surface area contributed by atoms with Gasteiger partial charge in [-0.25, -0.2) is 0 Å². The predicted octanol–water partition coefficient (Wildman–Crippen LogP) is 1.80. The second-order valence-electron chi connectivity index (χ2n) is 5.14. The Balaban J connectivity index is 1.58. The number of nitrogens with zero attached hydrogens (tertiary/aromatic N) is 1. The minimum Gasteiger partial charge on any atom is -0.380 e. The molecule has 2 heterocycles. The largest absolute Gasteiger partial charge is 0.380 e. The van der Waals surface area contributed by atoms with Crippen LogP contribution < -0.4 is 5.32 Å². The molecule has 2 unspecified atom stereocenters. The van der Waals surface area contributed by atoms with E-state index in [2.05, 4.69) is 16.8 Å². The van der Waals surface area contributed by atoms with Crippen LogP contribution >= 0.6 is 0 Å². The van der Waals surface area contributed by atoms with Gasteiger partial charge in [0, 0.05) is 25.2 Å². The molecule has 2 atom stereocenters. The summed E-state index contributed by atoms with van der Waals surface area (Å²) in [5, 5.41) is 3.67. The van der Waals surface area contributed by atoms with Gasteiger partial charge in [-0.1, -0.05) is 12.5 Å². The number of nitrogens with one attached hydrogen (secondary N) is 1. The van der Waals surface area contributed by atoms with Crippen LogP contribution in [0.5, 0.6) is 0 Å². The molecule has 0 spiro atoms. The Morgan fingerprint density at radius 3 is 3.06 bits per heavy atom. The highest BCUT2D eigenvalue weighted by Crippen LogP contribution is 2.26. The second-order valence-corrected chi connectivity index (χ2v) is 5.14. The minimum atomic E-state index is 0.707. The molecule has 98 valence electrons. The first-order valence-corrected chi connectivity index (χ1v) is 7.08. The molecule has 0 aromatic heterocycles. The molecule has 2 saturated heterocycles. The molecule has 3 nitrogen and oxygen atoms in total. The summed E-state index contributed by atoms with van der Waals surface area (Å²) in [7, 11) is 0. The zero-order valence-electron chi connectivity index (χ0n) is 10.9. The molecule has 17 heavy (non-hydrogen) atoms. The third-order valence-corrected chi connectivity index (χ3v) is 3.98. The number of rotatable bonds is 7. The molecule has 2 fully saturated rings. The van der Waals surface area contributed by atoms with Crippen LogP contribution in [-0.2, 0) is 4.74 Å². The molecular formula is C14H26N2O. The van der Waals surface area contributed by atoms with E-state index in [1.54, 1.807) is 0 Å². The summed E-state index contributed by atoms with van der Waals surface area (Å²) in [6, 6.07) is 1.51. The molecule has 3 heteroatoms. The molecule has 0 bridgehead atoms. The van der Waals surface area contributed by atoms with Crippen molar-refractivity contribution in [2.75, 3.05) is 32.8 Å². The van der Waals surface area contributed by atoms with Crippen LogP contribution in [0.25, 0.3) is 0 Å². The summed E-state index contributed by atoms with van der Waals surface area (Å²) >= 11 is 0. The van der Waals surface area contributed by atoms with Crippen LogP contribution in [-0.4, -0.2) is 49.8 Å². The molecule has 2 aliphatic heterocycles. The van der Waals surface area contributed by atoms with Crippen molar-refractivity contribution in [1.82, 2.24) is 10.2 Å². The summed E-state index contributed by atoms with van der Waals surface area (Å²) in [5.74, 6) is 0. The summed E-state index contributed by atoms with van der Waals surface area (Å²) in [5.41, 5.74) is 0. The van der Waals surface area contributed by atoms with Crippen molar-refractivity contribution < 1.29 is 4.74 Å². The van der Waals surface area contributed by atoms with E-state index in [1.165, 1.54) is 38.8 Å². The zero-order chi connectivity index (χ0) is 11.9. The van der Waals surface area contributed by atoms with E-state index in [9.17, 15) is 0 Å². The highest BCUT2D eigenvalue weighted by molar-refractivity contribution is 4.93.